The molecule has 5 fully saturated rings. The third-order valence-electron chi connectivity index (χ3n) is 10.5. The maximum atomic E-state index is 12.2. The first kappa shape index (κ1) is 19.1. The van der Waals surface area contributed by atoms with Gasteiger partial charge in [0, 0.05) is 16.9 Å². The van der Waals surface area contributed by atoms with Crippen LogP contribution in [0.4, 0.5) is 0 Å². The van der Waals surface area contributed by atoms with Crippen molar-refractivity contribution in [2.75, 3.05) is 6.61 Å². The zero-order chi connectivity index (χ0) is 19.9. The van der Waals surface area contributed by atoms with Crippen molar-refractivity contribution < 1.29 is 19.7 Å². The Bertz CT molecular complexity index is 703. The molecule has 0 aromatic carbocycles. The summed E-state index contributed by atoms with van der Waals surface area (Å²) in [7, 11) is 0. The zero-order valence-corrected chi connectivity index (χ0v) is 17.5. The van der Waals surface area contributed by atoms with E-state index in [4.69, 9.17) is 4.74 Å². The minimum absolute atomic E-state index is 0.0693. The molecule has 0 aromatic heterocycles. The van der Waals surface area contributed by atoms with E-state index in [1.54, 1.807) is 0 Å². The van der Waals surface area contributed by atoms with E-state index >= 15 is 0 Å². The molecule has 1 aliphatic heterocycles. The number of carbonyl (C=O) groups is 1. The number of carbonyl (C=O) groups excluding carboxylic acids is 1. The average Bonchev–Trinajstić information content (AvgIpc) is 3.12. The summed E-state index contributed by atoms with van der Waals surface area (Å²) >= 11 is 0. The molecule has 156 valence electrons. The van der Waals surface area contributed by atoms with Crippen molar-refractivity contribution in [3.8, 4) is 0 Å². The van der Waals surface area contributed by atoms with Crippen LogP contribution in [0.5, 0.6) is 0 Å². The largest absolute Gasteiger partial charge is 0.462 e. The second kappa shape index (κ2) is 6.07. The van der Waals surface area contributed by atoms with Crippen LogP contribution in [-0.4, -0.2) is 34.5 Å². The second-order valence-electron chi connectivity index (χ2n) is 11.2. The van der Waals surface area contributed by atoms with Crippen molar-refractivity contribution in [3.63, 3.8) is 0 Å². The third kappa shape index (κ3) is 2.28. The first-order valence-electron chi connectivity index (χ1n) is 11.5. The number of esters is 1. The lowest BCUT2D eigenvalue weighted by Crippen LogP contribution is -2.62. The van der Waals surface area contributed by atoms with Gasteiger partial charge in [-0.2, -0.15) is 0 Å². The lowest BCUT2D eigenvalue weighted by molar-refractivity contribution is -0.212. The normalized spacial score (nSPS) is 56.0. The highest BCUT2D eigenvalue weighted by atomic mass is 16.5. The molecule has 4 nitrogen and oxygen atoms in total. The quantitative estimate of drug-likeness (QED) is 0.529. The summed E-state index contributed by atoms with van der Waals surface area (Å²) < 4.78 is 5.31. The minimum Gasteiger partial charge on any atom is -0.462 e. The van der Waals surface area contributed by atoms with E-state index in [1.807, 2.05) is 0 Å². The summed E-state index contributed by atoms with van der Waals surface area (Å²) in [5, 5.41) is 22.4. The summed E-state index contributed by atoms with van der Waals surface area (Å²) in [6.45, 7) is 9.21. The van der Waals surface area contributed by atoms with E-state index in [0.29, 0.717) is 29.9 Å². The van der Waals surface area contributed by atoms with E-state index < -0.39 is 5.60 Å². The van der Waals surface area contributed by atoms with Gasteiger partial charge in [-0.05, 0) is 86.9 Å². The Balaban J connectivity index is 1.46. The van der Waals surface area contributed by atoms with Gasteiger partial charge in [0.2, 0.25) is 0 Å². The summed E-state index contributed by atoms with van der Waals surface area (Å²) in [4.78, 5) is 11.9. The van der Waals surface area contributed by atoms with E-state index in [1.165, 1.54) is 0 Å². The molecule has 0 radical (unpaired) electrons. The van der Waals surface area contributed by atoms with Crippen molar-refractivity contribution in [1.82, 2.24) is 0 Å². The summed E-state index contributed by atoms with van der Waals surface area (Å²) in [6.07, 6.45) is 9.04. The Labute approximate surface area is 168 Å². The number of ether oxygens (including phenoxy) is 1. The van der Waals surface area contributed by atoms with Crippen LogP contribution in [0.1, 0.15) is 71.6 Å². The van der Waals surface area contributed by atoms with Crippen molar-refractivity contribution in [3.05, 3.63) is 12.2 Å². The van der Waals surface area contributed by atoms with Gasteiger partial charge in [0.15, 0.2) is 0 Å². The topological polar surface area (TPSA) is 66.8 Å². The molecule has 1 unspecified atom stereocenters. The number of cyclic esters (lactones) is 1. The summed E-state index contributed by atoms with van der Waals surface area (Å²) in [6, 6.07) is 0. The zero-order valence-electron chi connectivity index (χ0n) is 17.5. The maximum Gasteiger partial charge on any atom is 0.333 e. The number of fused-ring (bicyclic) bond motifs is 5. The van der Waals surface area contributed by atoms with Crippen molar-refractivity contribution in [2.45, 2.75) is 83.3 Å². The fraction of sp³-hybridized carbons (Fsp3) is 0.875. The van der Waals surface area contributed by atoms with E-state index in [0.717, 1.165) is 57.8 Å². The average molecular weight is 389 g/mol. The number of aliphatic hydroxyl groups excluding tert-OH is 1. The molecule has 4 aliphatic carbocycles. The van der Waals surface area contributed by atoms with Crippen LogP contribution in [0.2, 0.25) is 0 Å². The van der Waals surface area contributed by atoms with Gasteiger partial charge >= 0.3 is 5.97 Å². The van der Waals surface area contributed by atoms with Gasteiger partial charge < -0.3 is 14.9 Å². The van der Waals surface area contributed by atoms with E-state index in [2.05, 4.69) is 20.4 Å². The minimum atomic E-state index is -0.642. The molecule has 0 bridgehead atoms. The fourth-order valence-electron chi connectivity index (χ4n) is 8.76. The van der Waals surface area contributed by atoms with Crippen LogP contribution in [-0.2, 0) is 9.53 Å². The predicted molar refractivity (Wildman–Crippen MR) is 106 cm³/mol. The third-order valence-corrected chi connectivity index (χ3v) is 10.5. The highest BCUT2D eigenvalue weighted by molar-refractivity contribution is 5.90. The predicted octanol–water partition coefficient (Wildman–Crippen LogP) is 3.85. The highest BCUT2D eigenvalue weighted by Gasteiger charge is 2.68. The number of aliphatic hydroxyl groups is 2. The standard InChI is InChI=1S/C24H36O4/c1-14-17(13-28-21(14)26)18-8-11-24(27)20-5-4-15-12-16(25)6-9-22(15,2)19(20)7-10-23(18,24)3/h15-20,25,27H,1,4-13H2,2-3H3/t15-,16+,17-,18-,19+,20-,22+,23-,24?/m1/s1. The smallest absolute Gasteiger partial charge is 0.333 e. The molecule has 0 spiro atoms. The SMILES string of the molecule is C=C1C(=O)OC[C@H]1[C@H]1CCC2(O)[C@@H]3CC[C@@H]4C[C@@H](O)CC[C@]4(C)[C@H]3CC[C@]12C. The molecule has 5 rings (SSSR count). The van der Waals surface area contributed by atoms with Gasteiger partial charge in [0.05, 0.1) is 18.3 Å². The monoisotopic (exact) mass is 388 g/mol. The van der Waals surface area contributed by atoms with Gasteiger partial charge in [0.1, 0.15) is 0 Å². The van der Waals surface area contributed by atoms with Gasteiger partial charge in [-0.25, -0.2) is 4.79 Å². The Hall–Kier alpha value is -0.870. The van der Waals surface area contributed by atoms with Crippen molar-refractivity contribution >= 4 is 5.97 Å². The number of rotatable bonds is 1. The highest BCUT2D eigenvalue weighted by Crippen LogP contribution is 2.70. The van der Waals surface area contributed by atoms with E-state index in [9.17, 15) is 15.0 Å². The number of hydrogen-bond donors (Lipinski definition) is 2. The Morgan fingerprint density at radius 3 is 2.46 bits per heavy atom. The molecule has 9 atom stereocenters. The lowest BCUT2D eigenvalue weighted by Gasteiger charge is -2.63. The Morgan fingerprint density at radius 1 is 1.00 bits per heavy atom. The molecular weight excluding hydrogens is 352 g/mol. The van der Waals surface area contributed by atoms with Gasteiger partial charge in [-0.3, -0.25) is 0 Å². The molecule has 0 amide bonds. The summed E-state index contributed by atoms with van der Waals surface area (Å²) in [5.74, 6) is 1.62. The molecule has 2 N–H and O–H groups in total. The Kier molecular flexibility index (Phi) is 4.15. The molecule has 1 heterocycles. The van der Waals surface area contributed by atoms with Gasteiger partial charge in [0.25, 0.3) is 0 Å². The molecule has 28 heavy (non-hydrogen) atoms. The van der Waals surface area contributed by atoms with Crippen molar-refractivity contribution in [1.29, 1.82) is 0 Å². The van der Waals surface area contributed by atoms with Gasteiger partial charge in [-0.15, -0.1) is 0 Å². The molecular formula is C24H36O4. The molecule has 4 saturated carbocycles. The van der Waals surface area contributed by atoms with Crippen LogP contribution in [0.3, 0.4) is 0 Å². The van der Waals surface area contributed by atoms with Crippen molar-refractivity contribution in [2.24, 2.45) is 40.4 Å². The summed E-state index contributed by atoms with van der Waals surface area (Å²) in [5.41, 5.74) is 0.0753. The van der Waals surface area contributed by atoms with Crippen LogP contribution in [0.25, 0.3) is 0 Å². The maximum absolute atomic E-state index is 12.2. The molecule has 5 aliphatic rings. The molecule has 4 heteroatoms. The fourth-order valence-corrected chi connectivity index (χ4v) is 8.76. The number of hydrogen-bond acceptors (Lipinski definition) is 4. The Morgan fingerprint density at radius 2 is 1.75 bits per heavy atom. The first-order chi connectivity index (χ1) is 13.2. The lowest BCUT2D eigenvalue weighted by atomic mass is 9.43. The van der Waals surface area contributed by atoms with Crippen LogP contribution >= 0.6 is 0 Å². The van der Waals surface area contributed by atoms with E-state index in [-0.39, 0.29) is 34.7 Å². The van der Waals surface area contributed by atoms with Crippen LogP contribution in [0, 0.1) is 40.4 Å². The van der Waals surface area contributed by atoms with Crippen LogP contribution < -0.4 is 0 Å². The van der Waals surface area contributed by atoms with Crippen LogP contribution in [0.15, 0.2) is 12.2 Å². The molecule has 1 saturated heterocycles. The van der Waals surface area contributed by atoms with Gasteiger partial charge in [-0.1, -0.05) is 20.4 Å². The molecule has 0 aromatic rings. The second-order valence-corrected chi connectivity index (χ2v) is 11.2. The first-order valence-corrected chi connectivity index (χ1v) is 11.5.